The van der Waals surface area contributed by atoms with Crippen molar-refractivity contribution >= 4 is 53.3 Å². The van der Waals surface area contributed by atoms with E-state index in [-0.39, 0.29) is 0 Å². The van der Waals surface area contributed by atoms with Crippen LogP contribution in [0.5, 0.6) is 5.75 Å². The van der Waals surface area contributed by atoms with E-state index in [1.807, 2.05) is 0 Å². The van der Waals surface area contributed by atoms with Gasteiger partial charge in [0.15, 0.2) is 0 Å². The van der Waals surface area contributed by atoms with E-state index >= 15 is 0 Å². The molecule has 16 heavy (non-hydrogen) atoms. The molecular weight excluding hydrogens is 313 g/mol. The summed E-state index contributed by atoms with van der Waals surface area (Å²) < 4.78 is 15.9. The SMILES string of the molecule is S=P1(Oc2cc(Cl)c(Cl)cc2Cl)OCCO1. The number of hydrogen-bond donors (Lipinski definition) is 0. The molecule has 0 bridgehead atoms. The molecule has 0 unspecified atom stereocenters. The third kappa shape index (κ3) is 2.82. The minimum atomic E-state index is -2.71. The zero-order valence-electron chi connectivity index (χ0n) is 7.78. The molecule has 1 aliphatic rings. The van der Waals surface area contributed by atoms with Crippen molar-refractivity contribution in [2.75, 3.05) is 13.2 Å². The van der Waals surface area contributed by atoms with Crippen LogP contribution < -0.4 is 4.52 Å². The van der Waals surface area contributed by atoms with Crippen LogP contribution in [0.25, 0.3) is 0 Å². The van der Waals surface area contributed by atoms with Crippen molar-refractivity contribution in [2.24, 2.45) is 0 Å². The van der Waals surface area contributed by atoms with Crippen LogP contribution in [0.1, 0.15) is 0 Å². The maximum atomic E-state index is 5.93. The van der Waals surface area contributed by atoms with Crippen LogP contribution in [-0.4, -0.2) is 13.2 Å². The average Bonchev–Trinajstić information content (AvgIpc) is 2.62. The first-order valence-electron chi connectivity index (χ1n) is 4.23. The van der Waals surface area contributed by atoms with E-state index in [1.165, 1.54) is 12.1 Å². The monoisotopic (exact) mass is 318 g/mol. The van der Waals surface area contributed by atoms with Crippen molar-refractivity contribution in [3.8, 4) is 5.75 Å². The van der Waals surface area contributed by atoms with Crippen molar-refractivity contribution in [1.82, 2.24) is 0 Å². The highest BCUT2D eigenvalue weighted by molar-refractivity contribution is 8.07. The Hall–Kier alpha value is 0.460. The second-order valence-corrected chi connectivity index (χ2v) is 7.06. The van der Waals surface area contributed by atoms with E-state index in [9.17, 15) is 0 Å². The lowest BCUT2D eigenvalue weighted by molar-refractivity contribution is 0.349. The standard InChI is InChI=1S/C8H6Cl3O3PS/c9-5-3-7(11)8(4-6(5)10)14-15(16)12-1-2-13-15/h3-4H,1-2H2. The topological polar surface area (TPSA) is 27.7 Å². The summed E-state index contributed by atoms with van der Waals surface area (Å²) in [5.74, 6) is 0.321. The summed E-state index contributed by atoms with van der Waals surface area (Å²) in [6.07, 6.45) is 0. The quantitative estimate of drug-likeness (QED) is 0.600. The molecule has 1 heterocycles. The van der Waals surface area contributed by atoms with Crippen molar-refractivity contribution in [2.45, 2.75) is 0 Å². The van der Waals surface area contributed by atoms with E-state index < -0.39 is 6.72 Å². The van der Waals surface area contributed by atoms with Crippen LogP contribution in [-0.2, 0) is 20.9 Å². The number of benzene rings is 1. The molecule has 88 valence electrons. The third-order valence-corrected chi connectivity index (χ3v) is 5.06. The zero-order chi connectivity index (χ0) is 11.8. The highest BCUT2D eigenvalue weighted by Crippen LogP contribution is 2.54. The summed E-state index contributed by atoms with van der Waals surface area (Å²) in [5, 5.41) is 1.00. The van der Waals surface area contributed by atoms with Crippen LogP contribution >= 0.6 is 41.5 Å². The van der Waals surface area contributed by atoms with Gasteiger partial charge in [-0.3, -0.25) is 9.05 Å². The second-order valence-electron chi connectivity index (χ2n) is 2.90. The number of halogens is 3. The summed E-state index contributed by atoms with van der Waals surface area (Å²) in [6, 6.07) is 2.98. The molecule has 0 saturated carbocycles. The predicted molar refractivity (Wildman–Crippen MR) is 68.3 cm³/mol. The first-order chi connectivity index (χ1) is 7.50. The molecule has 0 amide bonds. The van der Waals surface area contributed by atoms with E-state index in [1.54, 1.807) is 0 Å². The fourth-order valence-electron chi connectivity index (χ4n) is 1.08. The maximum absolute atomic E-state index is 5.93. The highest BCUT2D eigenvalue weighted by atomic mass is 35.5. The van der Waals surface area contributed by atoms with Gasteiger partial charge in [-0.15, -0.1) is 0 Å². The Labute approximate surface area is 113 Å². The predicted octanol–water partition coefficient (Wildman–Crippen LogP) is 4.30. The van der Waals surface area contributed by atoms with Gasteiger partial charge >= 0.3 is 6.72 Å². The Bertz CT molecular complexity index is 458. The summed E-state index contributed by atoms with van der Waals surface area (Å²) in [4.78, 5) is 0. The molecule has 0 aliphatic carbocycles. The molecule has 0 aromatic heterocycles. The molecule has 1 fully saturated rings. The largest absolute Gasteiger partial charge is 0.422 e. The second kappa shape index (κ2) is 4.99. The Morgan fingerprint density at radius 1 is 1.06 bits per heavy atom. The Balaban J connectivity index is 2.27. The van der Waals surface area contributed by atoms with Gasteiger partial charge in [-0.2, -0.15) is 0 Å². The van der Waals surface area contributed by atoms with Gasteiger partial charge in [-0.25, -0.2) is 0 Å². The molecule has 0 N–H and O–H groups in total. The molecule has 1 aliphatic heterocycles. The zero-order valence-corrected chi connectivity index (χ0v) is 11.8. The van der Waals surface area contributed by atoms with E-state index in [2.05, 4.69) is 0 Å². The van der Waals surface area contributed by atoms with Gasteiger partial charge in [-0.1, -0.05) is 34.8 Å². The lowest BCUT2D eigenvalue weighted by atomic mass is 10.3. The Morgan fingerprint density at radius 3 is 2.25 bits per heavy atom. The average molecular weight is 320 g/mol. The normalized spacial score (nSPS) is 18.7. The Morgan fingerprint density at radius 2 is 1.62 bits per heavy atom. The first-order valence-corrected chi connectivity index (χ1v) is 7.92. The molecule has 8 heteroatoms. The summed E-state index contributed by atoms with van der Waals surface area (Å²) in [6.45, 7) is -1.85. The van der Waals surface area contributed by atoms with Gasteiger partial charge in [0, 0.05) is 17.9 Å². The third-order valence-electron chi connectivity index (χ3n) is 1.77. The molecule has 2 rings (SSSR count). The van der Waals surface area contributed by atoms with Crippen LogP contribution in [0.2, 0.25) is 15.1 Å². The fourth-order valence-corrected chi connectivity index (χ4v) is 3.57. The lowest BCUT2D eigenvalue weighted by Crippen LogP contribution is -1.93. The van der Waals surface area contributed by atoms with Crippen molar-refractivity contribution < 1.29 is 13.6 Å². The molecule has 3 nitrogen and oxygen atoms in total. The Kier molecular flexibility index (Phi) is 4.02. The van der Waals surface area contributed by atoms with Gasteiger partial charge in [0.25, 0.3) is 0 Å². The van der Waals surface area contributed by atoms with Gasteiger partial charge in [0.05, 0.1) is 28.3 Å². The van der Waals surface area contributed by atoms with Crippen LogP contribution in [0, 0.1) is 0 Å². The van der Waals surface area contributed by atoms with Crippen LogP contribution in [0.15, 0.2) is 12.1 Å². The molecule has 0 spiro atoms. The van der Waals surface area contributed by atoms with Crippen LogP contribution in [0.3, 0.4) is 0 Å². The number of hydrogen-bond acceptors (Lipinski definition) is 4. The smallest absolute Gasteiger partial charge is 0.380 e. The van der Waals surface area contributed by atoms with Crippen molar-refractivity contribution in [3.05, 3.63) is 27.2 Å². The maximum Gasteiger partial charge on any atom is 0.380 e. The summed E-state index contributed by atoms with van der Waals surface area (Å²) in [5.41, 5.74) is 0. The van der Waals surface area contributed by atoms with Crippen LogP contribution in [0.4, 0.5) is 0 Å². The fraction of sp³-hybridized carbons (Fsp3) is 0.250. The molecular formula is C8H6Cl3O3PS. The minimum Gasteiger partial charge on any atom is -0.422 e. The lowest BCUT2D eigenvalue weighted by Gasteiger charge is -2.16. The van der Waals surface area contributed by atoms with Gasteiger partial charge in [0.2, 0.25) is 0 Å². The van der Waals surface area contributed by atoms with E-state index in [4.69, 9.17) is 60.2 Å². The van der Waals surface area contributed by atoms with E-state index in [0.29, 0.717) is 34.0 Å². The molecule has 0 atom stereocenters. The first kappa shape index (κ1) is 12.9. The molecule has 1 aromatic carbocycles. The molecule has 1 aromatic rings. The molecule has 1 saturated heterocycles. The molecule has 0 radical (unpaired) electrons. The summed E-state index contributed by atoms with van der Waals surface area (Å²) >= 11 is 22.7. The number of rotatable bonds is 2. The summed E-state index contributed by atoms with van der Waals surface area (Å²) in [7, 11) is 0. The van der Waals surface area contributed by atoms with Gasteiger partial charge in [0.1, 0.15) is 5.75 Å². The van der Waals surface area contributed by atoms with Crippen molar-refractivity contribution in [3.63, 3.8) is 0 Å². The minimum absolute atomic E-state index is 0.317. The van der Waals surface area contributed by atoms with Gasteiger partial charge in [-0.05, 0) is 6.07 Å². The van der Waals surface area contributed by atoms with Crippen molar-refractivity contribution in [1.29, 1.82) is 0 Å². The highest BCUT2D eigenvalue weighted by Gasteiger charge is 2.29. The van der Waals surface area contributed by atoms with E-state index in [0.717, 1.165) is 0 Å². The van der Waals surface area contributed by atoms with Gasteiger partial charge < -0.3 is 4.52 Å².